The van der Waals surface area contributed by atoms with E-state index in [1.165, 1.54) is 12.1 Å². The zero-order valence-electron chi connectivity index (χ0n) is 21.2. The SMILES string of the molecule is C=CC.C=O.Cc1ncc(-c2cnn(C3CCN(C)CC3)c2)cc1OC(C)c1c(Cl)ccc(F)c1Cl. The first kappa shape index (κ1) is 29.5. The van der Waals surface area contributed by atoms with Crippen molar-refractivity contribution < 1.29 is 13.9 Å². The van der Waals surface area contributed by atoms with Crippen LogP contribution in [0.3, 0.4) is 0 Å². The number of likely N-dealkylation sites (tertiary alicyclic amines) is 1. The molecule has 0 N–H and O–H groups in total. The molecule has 0 radical (unpaired) electrons. The number of carbonyl (C=O) groups is 1. The third-order valence-corrected chi connectivity index (χ3v) is 6.54. The van der Waals surface area contributed by atoms with Gasteiger partial charge in [0.1, 0.15) is 24.5 Å². The predicted octanol–water partition coefficient (Wildman–Crippen LogP) is 7.11. The maximum absolute atomic E-state index is 13.9. The van der Waals surface area contributed by atoms with Gasteiger partial charge >= 0.3 is 0 Å². The van der Waals surface area contributed by atoms with Gasteiger partial charge < -0.3 is 14.4 Å². The summed E-state index contributed by atoms with van der Waals surface area (Å²) in [6.07, 6.45) is 9.11. The maximum atomic E-state index is 13.9. The molecule has 1 unspecified atom stereocenters. The van der Waals surface area contributed by atoms with Crippen LogP contribution in [0.4, 0.5) is 4.39 Å². The number of halogens is 3. The highest BCUT2D eigenvalue weighted by Crippen LogP contribution is 2.36. The highest BCUT2D eigenvalue weighted by Gasteiger charge is 2.21. The summed E-state index contributed by atoms with van der Waals surface area (Å²) < 4.78 is 22.1. The Labute approximate surface area is 222 Å². The van der Waals surface area contributed by atoms with Crippen molar-refractivity contribution in [3.8, 4) is 16.9 Å². The molecular weight excluding hydrogens is 502 g/mol. The van der Waals surface area contributed by atoms with E-state index < -0.39 is 11.9 Å². The van der Waals surface area contributed by atoms with E-state index in [9.17, 15) is 4.39 Å². The number of rotatable bonds is 5. The summed E-state index contributed by atoms with van der Waals surface area (Å²) in [5.41, 5.74) is 3.03. The third-order valence-electron chi connectivity index (χ3n) is 5.83. The van der Waals surface area contributed by atoms with Crippen molar-refractivity contribution in [1.82, 2.24) is 19.7 Å². The van der Waals surface area contributed by atoms with E-state index in [0.29, 0.717) is 22.4 Å². The van der Waals surface area contributed by atoms with Crippen LogP contribution in [0.2, 0.25) is 10.0 Å². The molecule has 1 aromatic carbocycles. The van der Waals surface area contributed by atoms with Crippen LogP contribution in [0, 0.1) is 12.7 Å². The quantitative estimate of drug-likeness (QED) is 0.257. The molecule has 0 aliphatic carbocycles. The molecule has 0 bridgehead atoms. The van der Waals surface area contributed by atoms with E-state index in [1.54, 1.807) is 13.0 Å². The van der Waals surface area contributed by atoms with Gasteiger partial charge in [0.15, 0.2) is 0 Å². The van der Waals surface area contributed by atoms with Gasteiger partial charge in [-0.1, -0.05) is 29.3 Å². The molecule has 6 nitrogen and oxygen atoms in total. The average molecular weight is 535 g/mol. The van der Waals surface area contributed by atoms with Crippen LogP contribution in [-0.2, 0) is 4.79 Å². The molecule has 0 spiro atoms. The normalized spacial score (nSPS) is 14.6. The van der Waals surface area contributed by atoms with E-state index in [-0.39, 0.29) is 5.02 Å². The molecule has 0 amide bonds. The van der Waals surface area contributed by atoms with E-state index in [1.807, 2.05) is 39.1 Å². The highest BCUT2D eigenvalue weighted by molar-refractivity contribution is 6.36. The Balaban J connectivity index is 0.000000850. The summed E-state index contributed by atoms with van der Waals surface area (Å²) in [7, 11) is 2.15. The number of allylic oxidation sites excluding steroid dienone is 1. The molecule has 4 rings (SSSR count). The lowest BCUT2D eigenvalue weighted by Gasteiger charge is -2.28. The minimum absolute atomic E-state index is 0.0267. The molecule has 9 heteroatoms. The van der Waals surface area contributed by atoms with Crippen LogP contribution in [0.1, 0.15) is 50.1 Å². The molecule has 1 aliphatic rings. The van der Waals surface area contributed by atoms with Gasteiger partial charge in [-0.15, -0.1) is 6.58 Å². The lowest BCUT2D eigenvalue weighted by atomic mass is 10.1. The van der Waals surface area contributed by atoms with Crippen molar-refractivity contribution in [2.75, 3.05) is 20.1 Å². The lowest BCUT2D eigenvalue weighted by Crippen LogP contribution is -2.31. The standard InChI is InChI=1S/C23H25Cl2FN4O.C3H6.CH2O/c1-14-21(31-15(2)22-19(24)4-5-20(26)23(22)25)10-16(11-27-14)17-12-28-30(13-17)18-6-8-29(3)9-7-18;1-3-2;1-2/h4-5,10-13,15,18H,6-9H2,1-3H3;3H,1H2,2H3;1H2. The van der Waals surface area contributed by atoms with E-state index in [4.69, 9.17) is 32.7 Å². The first-order chi connectivity index (χ1) is 17.2. The summed E-state index contributed by atoms with van der Waals surface area (Å²) in [4.78, 5) is 14.8. The van der Waals surface area contributed by atoms with Crippen LogP contribution >= 0.6 is 23.2 Å². The number of piperidine rings is 1. The Kier molecular flexibility index (Phi) is 11.6. The minimum atomic E-state index is -0.548. The molecular formula is C27H33Cl2FN4O2. The number of pyridine rings is 1. The zero-order chi connectivity index (χ0) is 26.8. The van der Waals surface area contributed by atoms with Crippen molar-refractivity contribution in [2.24, 2.45) is 0 Å². The Morgan fingerprint density at radius 3 is 2.47 bits per heavy atom. The number of benzene rings is 1. The average Bonchev–Trinajstić information content (AvgIpc) is 3.36. The first-order valence-electron chi connectivity index (χ1n) is 11.6. The van der Waals surface area contributed by atoms with Crippen LogP contribution in [-0.4, -0.2) is 46.6 Å². The Morgan fingerprint density at radius 2 is 1.83 bits per heavy atom. The summed E-state index contributed by atoms with van der Waals surface area (Å²) >= 11 is 12.4. The first-order valence-corrected chi connectivity index (χ1v) is 12.4. The second kappa shape index (κ2) is 14.1. The van der Waals surface area contributed by atoms with Crippen LogP contribution < -0.4 is 4.74 Å². The number of carbonyl (C=O) groups excluding carboxylic acids is 1. The Morgan fingerprint density at radius 1 is 1.19 bits per heavy atom. The lowest BCUT2D eigenvalue weighted by molar-refractivity contribution is -0.0980. The molecule has 1 atom stereocenters. The predicted molar refractivity (Wildman–Crippen MR) is 144 cm³/mol. The number of aromatic nitrogens is 3. The number of hydrogen-bond acceptors (Lipinski definition) is 5. The van der Waals surface area contributed by atoms with E-state index in [0.717, 1.165) is 42.8 Å². The van der Waals surface area contributed by atoms with Crippen LogP contribution in [0.25, 0.3) is 11.1 Å². The summed E-state index contributed by atoms with van der Waals surface area (Å²) in [5, 5.41) is 4.92. The molecule has 1 aliphatic heterocycles. The Bertz CT molecular complexity index is 1150. The number of nitrogens with zero attached hydrogens (tertiary/aromatic N) is 4. The van der Waals surface area contributed by atoms with Gasteiger partial charge in [0, 0.05) is 34.1 Å². The van der Waals surface area contributed by atoms with Gasteiger partial charge in [0.2, 0.25) is 0 Å². The van der Waals surface area contributed by atoms with Crippen molar-refractivity contribution >= 4 is 30.0 Å². The number of ether oxygens (including phenoxy) is 1. The van der Waals surface area contributed by atoms with Gasteiger partial charge in [0.05, 0.1) is 23.0 Å². The van der Waals surface area contributed by atoms with Crippen molar-refractivity contribution in [3.63, 3.8) is 0 Å². The molecule has 194 valence electrons. The molecule has 1 fully saturated rings. The topological polar surface area (TPSA) is 60.2 Å². The second-order valence-corrected chi connectivity index (χ2v) is 9.26. The molecule has 3 heterocycles. The highest BCUT2D eigenvalue weighted by atomic mass is 35.5. The summed E-state index contributed by atoms with van der Waals surface area (Å²) in [6, 6.07) is 5.07. The smallest absolute Gasteiger partial charge is 0.142 e. The van der Waals surface area contributed by atoms with Gasteiger partial charge in [-0.2, -0.15) is 5.10 Å². The fraction of sp³-hybridized carbons (Fsp3) is 0.370. The van der Waals surface area contributed by atoms with Crippen molar-refractivity contribution in [2.45, 2.75) is 45.8 Å². The van der Waals surface area contributed by atoms with E-state index >= 15 is 0 Å². The third kappa shape index (κ3) is 7.38. The minimum Gasteiger partial charge on any atom is -0.484 e. The fourth-order valence-corrected chi connectivity index (χ4v) is 4.58. The molecule has 0 saturated carbocycles. The Hall–Kier alpha value is -2.74. The molecule has 2 aromatic heterocycles. The summed E-state index contributed by atoms with van der Waals surface area (Å²) in [6.45, 7) is 13.1. The molecule has 3 aromatic rings. The van der Waals surface area contributed by atoms with Crippen molar-refractivity contribution in [3.05, 3.63) is 76.6 Å². The summed E-state index contributed by atoms with van der Waals surface area (Å²) in [5.74, 6) is 0.0647. The van der Waals surface area contributed by atoms with Gasteiger partial charge in [-0.25, -0.2) is 4.39 Å². The monoisotopic (exact) mass is 534 g/mol. The molecule has 1 saturated heterocycles. The second-order valence-electron chi connectivity index (χ2n) is 8.48. The van der Waals surface area contributed by atoms with Gasteiger partial charge in [-0.3, -0.25) is 9.67 Å². The fourth-order valence-electron chi connectivity index (χ4n) is 3.90. The zero-order valence-corrected chi connectivity index (χ0v) is 22.7. The largest absolute Gasteiger partial charge is 0.484 e. The van der Waals surface area contributed by atoms with Gasteiger partial charge in [0.25, 0.3) is 0 Å². The maximum Gasteiger partial charge on any atom is 0.142 e. The van der Waals surface area contributed by atoms with Crippen LogP contribution in [0.15, 0.2) is 49.4 Å². The van der Waals surface area contributed by atoms with Crippen molar-refractivity contribution in [1.29, 1.82) is 0 Å². The number of aryl methyl sites for hydroxylation is 1. The number of hydrogen-bond donors (Lipinski definition) is 0. The van der Waals surface area contributed by atoms with Gasteiger partial charge in [-0.05, 0) is 71.9 Å². The molecule has 36 heavy (non-hydrogen) atoms. The van der Waals surface area contributed by atoms with E-state index in [2.05, 4.69) is 39.5 Å². The van der Waals surface area contributed by atoms with Crippen LogP contribution in [0.5, 0.6) is 5.75 Å².